The highest BCUT2D eigenvalue weighted by Gasteiger charge is 2.11. The first-order chi connectivity index (χ1) is 7.58. The molecule has 1 aromatic heterocycles. The first kappa shape index (κ1) is 10.2. The number of nitro benzene ring substituents is 1. The zero-order valence-corrected chi connectivity index (χ0v) is 8.49. The number of benzene rings is 1. The molecular weight excluding hydrogens is 210 g/mol. The van der Waals surface area contributed by atoms with Crippen LogP contribution < -0.4 is 0 Å². The quantitative estimate of drug-likeness (QED) is 0.615. The van der Waals surface area contributed by atoms with Crippen molar-refractivity contribution in [2.45, 2.75) is 0 Å². The number of aromatic nitrogens is 2. The molecule has 0 spiro atoms. The number of aromatic hydroxyl groups is 1. The van der Waals surface area contributed by atoms with Crippen molar-refractivity contribution in [2.75, 3.05) is 0 Å². The maximum atomic E-state index is 10.6. The Balaban J connectivity index is 2.52. The van der Waals surface area contributed by atoms with E-state index in [4.69, 9.17) is 0 Å². The molecule has 0 aliphatic carbocycles. The van der Waals surface area contributed by atoms with Crippen LogP contribution in [-0.4, -0.2) is 19.6 Å². The number of imidazole rings is 1. The summed E-state index contributed by atoms with van der Waals surface area (Å²) in [5.41, 5.74) is 0.594. The summed E-state index contributed by atoms with van der Waals surface area (Å²) < 4.78 is 1.61. The normalized spacial score (nSPS) is 10.3. The van der Waals surface area contributed by atoms with Gasteiger partial charge in [-0.1, -0.05) is 12.1 Å². The summed E-state index contributed by atoms with van der Waals surface area (Å²) in [6.45, 7) is 0. The molecule has 0 unspecified atom stereocenters. The number of rotatable bonds is 2. The maximum Gasteiger partial charge on any atom is 0.270 e. The van der Waals surface area contributed by atoms with Crippen molar-refractivity contribution >= 4 is 5.69 Å². The van der Waals surface area contributed by atoms with Crippen LogP contribution in [0.1, 0.15) is 0 Å². The Bertz CT molecular complexity index is 548. The highest BCUT2D eigenvalue weighted by molar-refractivity contribution is 5.60. The van der Waals surface area contributed by atoms with E-state index in [0.717, 1.165) is 0 Å². The van der Waals surface area contributed by atoms with Crippen molar-refractivity contribution in [1.82, 2.24) is 9.55 Å². The number of aryl methyl sites for hydroxylation is 1. The van der Waals surface area contributed by atoms with Gasteiger partial charge in [0.05, 0.1) is 11.1 Å². The van der Waals surface area contributed by atoms with Gasteiger partial charge in [-0.3, -0.25) is 10.1 Å². The summed E-state index contributed by atoms with van der Waals surface area (Å²) in [6.07, 6.45) is 1.44. The van der Waals surface area contributed by atoms with Gasteiger partial charge in [-0.15, -0.1) is 0 Å². The molecule has 0 aliphatic rings. The predicted molar refractivity (Wildman–Crippen MR) is 57.0 cm³/mol. The van der Waals surface area contributed by atoms with Gasteiger partial charge in [0.15, 0.2) is 0 Å². The molecule has 1 aromatic carbocycles. The average Bonchev–Trinajstić information content (AvgIpc) is 2.58. The van der Waals surface area contributed by atoms with Crippen molar-refractivity contribution in [3.05, 3.63) is 40.6 Å². The Morgan fingerprint density at radius 3 is 2.81 bits per heavy atom. The molecule has 2 rings (SSSR count). The zero-order valence-electron chi connectivity index (χ0n) is 8.49. The topological polar surface area (TPSA) is 81.2 Å². The highest BCUT2D eigenvalue weighted by Crippen LogP contribution is 2.24. The minimum Gasteiger partial charge on any atom is -0.492 e. The molecule has 0 saturated heterocycles. The van der Waals surface area contributed by atoms with E-state index in [1.54, 1.807) is 23.7 Å². The summed E-state index contributed by atoms with van der Waals surface area (Å²) in [7, 11) is 1.71. The van der Waals surface area contributed by atoms with Gasteiger partial charge in [-0.2, -0.15) is 4.98 Å². The lowest BCUT2D eigenvalue weighted by molar-refractivity contribution is -0.384. The predicted octanol–water partition coefficient (Wildman–Crippen LogP) is 1.70. The second kappa shape index (κ2) is 3.65. The number of nitro groups is 1. The summed E-state index contributed by atoms with van der Waals surface area (Å²) in [6, 6.07) is 6.11. The van der Waals surface area contributed by atoms with E-state index in [2.05, 4.69) is 4.98 Å². The number of nitrogens with zero attached hydrogens (tertiary/aromatic N) is 3. The van der Waals surface area contributed by atoms with Crippen molar-refractivity contribution in [3.8, 4) is 17.3 Å². The van der Waals surface area contributed by atoms with Crippen molar-refractivity contribution in [3.63, 3.8) is 0 Å². The van der Waals surface area contributed by atoms with Gasteiger partial charge in [0, 0.05) is 24.7 Å². The van der Waals surface area contributed by atoms with Crippen LogP contribution in [0.5, 0.6) is 5.88 Å². The third-order valence-electron chi connectivity index (χ3n) is 2.18. The van der Waals surface area contributed by atoms with E-state index in [9.17, 15) is 15.2 Å². The van der Waals surface area contributed by atoms with E-state index in [1.807, 2.05) is 0 Å². The molecule has 6 heteroatoms. The largest absolute Gasteiger partial charge is 0.492 e. The van der Waals surface area contributed by atoms with E-state index < -0.39 is 4.92 Å². The van der Waals surface area contributed by atoms with E-state index >= 15 is 0 Å². The lowest BCUT2D eigenvalue weighted by Gasteiger charge is -2.00. The van der Waals surface area contributed by atoms with Crippen LogP contribution in [0.3, 0.4) is 0 Å². The molecule has 1 heterocycles. The SMILES string of the molecule is Cn1cc(O)nc1-c1cccc([N+](=O)[O-])c1. The molecule has 2 aromatic rings. The van der Waals surface area contributed by atoms with Crippen LogP contribution in [0.2, 0.25) is 0 Å². The van der Waals surface area contributed by atoms with Crippen LogP contribution >= 0.6 is 0 Å². The summed E-state index contributed by atoms with van der Waals surface area (Å²) in [5.74, 6) is 0.380. The van der Waals surface area contributed by atoms with Gasteiger partial charge >= 0.3 is 0 Å². The zero-order chi connectivity index (χ0) is 11.7. The molecule has 0 bridgehead atoms. The van der Waals surface area contributed by atoms with Crippen LogP contribution in [0.4, 0.5) is 5.69 Å². The van der Waals surface area contributed by atoms with Gasteiger partial charge in [0.2, 0.25) is 5.88 Å². The van der Waals surface area contributed by atoms with Crippen molar-refractivity contribution in [1.29, 1.82) is 0 Å². The molecule has 1 N–H and O–H groups in total. The Morgan fingerprint density at radius 1 is 1.50 bits per heavy atom. The third-order valence-corrected chi connectivity index (χ3v) is 2.18. The summed E-state index contributed by atoms with van der Waals surface area (Å²) >= 11 is 0. The van der Waals surface area contributed by atoms with E-state index in [0.29, 0.717) is 11.4 Å². The Kier molecular flexibility index (Phi) is 2.32. The first-order valence-corrected chi connectivity index (χ1v) is 4.55. The average molecular weight is 219 g/mol. The number of hydrogen-bond donors (Lipinski definition) is 1. The second-order valence-electron chi connectivity index (χ2n) is 3.34. The van der Waals surface area contributed by atoms with Crippen LogP contribution in [-0.2, 0) is 7.05 Å². The van der Waals surface area contributed by atoms with E-state index in [-0.39, 0.29) is 11.6 Å². The van der Waals surface area contributed by atoms with Crippen LogP contribution in [0.25, 0.3) is 11.4 Å². The first-order valence-electron chi connectivity index (χ1n) is 4.55. The standard InChI is InChI=1S/C10H9N3O3/c1-12-6-9(14)11-10(12)7-3-2-4-8(5-7)13(15)16/h2-6,14H,1H3. The molecule has 0 fully saturated rings. The fourth-order valence-electron chi connectivity index (χ4n) is 1.48. The fourth-order valence-corrected chi connectivity index (χ4v) is 1.48. The van der Waals surface area contributed by atoms with E-state index in [1.165, 1.54) is 18.3 Å². The minimum absolute atomic E-state index is 0.00000945. The number of non-ortho nitro benzene ring substituents is 1. The Labute approximate surface area is 90.9 Å². The minimum atomic E-state index is -0.466. The summed E-state index contributed by atoms with van der Waals surface area (Å²) in [4.78, 5) is 14.0. The monoisotopic (exact) mass is 219 g/mol. The number of hydrogen-bond acceptors (Lipinski definition) is 4. The molecule has 0 saturated carbocycles. The van der Waals surface area contributed by atoms with Gasteiger partial charge in [0.1, 0.15) is 5.82 Å². The van der Waals surface area contributed by atoms with Gasteiger partial charge in [0.25, 0.3) is 5.69 Å². The Hall–Kier alpha value is -2.37. The molecule has 82 valence electrons. The fraction of sp³-hybridized carbons (Fsp3) is 0.100. The molecule has 0 radical (unpaired) electrons. The molecular formula is C10H9N3O3. The molecule has 0 atom stereocenters. The molecule has 0 aliphatic heterocycles. The third kappa shape index (κ3) is 1.72. The smallest absolute Gasteiger partial charge is 0.270 e. The Morgan fingerprint density at radius 2 is 2.25 bits per heavy atom. The molecule has 6 nitrogen and oxygen atoms in total. The highest BCUT2D eigenvalue weighted by atomic mass is 16.6. The maximum absolute atomic E-state index is 10.6. The molecule has 0 amide bonds. The lowest BCUT2D eigenvalue weighted by Crippen LogP contribution is -1.93. The van der Waals surface area contributed by atoms with Crippen molar-refractivity contribution < 1.29 is 10.0 Å². The van der Waals surface area contributed by atoms with Gasteiger partial charge in [-0.05, 0) is 0 Å². The van der Waals surface area contributed by atoms with Crippen molar-refractivity contribution in [2.24, 2.45) is 7.05 Å². The lowest BCUT2D eigenvalue weighted by atomic mass is 10.2. The van der Waals surface area contributed by atoms with Gasteiger partial charge in [-0.25, -0.2) is 0 Å². The van der Waals surface area contributed by atoms with Crippen LogP contribution in [0, 0.1) is 10.1 Å². The second-order valence-corrected chi connectivity index (χ2v) is 3.34. The van der Waals surface area contributed by atoms with Gasteiger partial charge < -0.3 is 9.67 Å². The van der Waals surface area contributed by atoms with Crippen LogP contribution in [0.15, 0.2) is 30.5 Å². The molecule has 16 heavy (non-hydrogen) atoms. The summed E-state index contributed by atoms with van der Waals surface area (Å²) in [5, 5.41) is 19.8.